The molecule has 1 heterocycles. The van der Waals surface area contributed by atoms with Gasteiger partial charge < -0.3 is 10.3 Å². The van der Waals surface area contributed by atoms with Gasteiger partial charge in [0.05, 0.1) is 17.4 Å². The molecule has 0 spiro atoms. The van der Waals surface area contributed by atoms with Crippen molar-refractivity contribution in [1.29, 1.82) is 0 Å². The number of aromatic amines is 1. The number of anilines is 1. The molecular weight excluding hydrogens is 262 g/mol. The average molecular weight is 279 g/mol. The quantitative estimate of drug-likeness (QED) is 0.771. The van der Waals surface area contributed by atoms with E-state index in [4.69, 9.17) is 0 Å². The average Bonchev–Trinajstić information content (AvgIpc) is 2.53. The van der Waals surface area contributed by atoms with Crippen LogP contribution in [0.15, 0.2) is 53.3 Å². The van der Waals surface area contributed by atoms with E-state index in [0.29, 0.717) is 17.8 Å². The SMILES string of the molecule is CCc1ccccc1NCc1nc2ccccc2c(=O)[nH]1. The normalized spacial score (nSPS) is 10.7. The van der Waals surface area contributed by atoms with Crippen LogP contribution < -0.4 is 10.9 Å². The molecule has 0 unspecified atom stereocenters. The summed E-state index contributed by atoms with van der Waals surface area (Å²) in [6.45, 7) is 2.62. The van der Waals surface area contributed by atoms with Crippen molar-refractivity contribution >= 4 is 16.6 Å². The van der Waals surface area contributed by atoms with E-state index in [9.17, 15) is 4.79 Å². The molecule has 0 fully saturated rings. The Balaban J connectivity index is 1.87. The second-order valence-electron chi connectivity index (χ2n) is 4.89. The minimum atomic E-state index is -0.0961. The van der Waals surface area contributed by atoms with Crippen LogP contribution in [0.4, 0.5) is 5.69 Å². The highest BCUT2D eigenvalue weighted by Gasteiger charge is 2.04. The number of fused-ring (bicyclic) bond motifs is 1. The van der Waals surface area contributed by atoms with Gasteiger partial charge in [0.1, 0.15) is 5.82 Å². The lowest BCUT2D eigenvalue weighted by Crippen LogP contribution is -2.14. The van der Waals surface area contributed by atoms with Crippen LogP contribution in [0.5, 0.6) is 0 Å². The van der Waals surface area contributed by atoms with E-state index >= 15 is 0 Å². The fourth-order valence-corrected chi connectivity index (χ4v) is 2.40. The molecule has 4 heteroatoms. The van der Waals surface area contributed by atoms with E-state index in [-0.39, 0.29) is 5.56 Å². The van der Waals surface area contributed by atoms with Crippen molar-refractivity contribution in [2.75, 3.05) is 5.32 Å². The van der Waals surface area contributed by atoms with Gasteiger partial charge in [0.2, 0.25) is 0 Å². The molecule has 4 nitrogen and oxygen atoms in total. The second kappa shape index (κ2) is 5.79. The summed E-state index contributed by atoms with van der Waals surface area (Å²) in [4.78, 5) is 19.3. The molecule has 0 saturated carbocycles. The van der Waals surface area contributed by atoms with E-state index in [1.165, 1.54) is 5.56 Å². The minimum Gasteiger partial charge on any atom is -0.378 e. The first-order chi connectivity index (χ1) is 10.3. The molecule has 3 aromatic rings. The minimum absolute atomic E-state index is 0.0961. The van der Waals surface area contributed by atoms with Gasteiger partial charge in [-0.25, -0.2) is 4.98 Å². The summed E-state index contributed by atoms with van der Waals surface area (Å²) in [5, 5.41) is 3.96. The van der Waals surface area contributed by atoms with Crippen molar-refractivity contribution in [2.24, 2.45) is 0 Å². The standard InChI is InChI=1S/C17H17N3O/c1-2-12-7-3-5-9-14(12)18-11-16-19-15-10-6-4-8-13(15)17(21)20-16/h3-10,18H,2,11H2,1H3,(H,19,20,21). The molecular formula is C17H17N3O. The molecule has 0 aliphatic rings. The summed E-state index contributed by atoms with van der Waals surface area (Å²) in [6.07, 6.45) is 0.963. The van der Waals surface area contributed by atoms with E-state index in [2.05, 4.69) is 28.3 Å². The number of aryl methyl sites for hydroxylation is 1. The Hall–Kier alpha value is -2.62. The molecule has 0 radical (unpaired) electrons. The van der Waals surface area contributed by atoms with Crippen LogP contribution in [0.25, 0.3) is 10.9 Å². The summed E-state index contributed by atoms with van der Waals surface area (Å²) < 4.78 is 0. The third-order valence-corrected chi connectivity index (χ3v) is 3.51. The van der Waals surface area contributed by atoms with Crippen LogP contribution >= 0.6 is 0 Å². The Morgan fingerprint density at radius 1 is 1.10 bits per heavy atom. The molecule has 106 valence electrons. The van der Waals surface area contributed by atoms with Gasteiger partial charge in [-0.2, -0.15) is 0 Å². The van der Waals surface area contributed by atoms with Crippen LogP contribution in [-0.2, 0) is 13.0 Å². The zero-order valence-corrected chi connectivity index (χ0v) is 11.9. The largest absolute Gasteiger partial charge is 0.378 e. The van der Waals surface area contributed by atoms with Gasteiger partial charge in [0.25, 0.3) is 5.56 Å². The van der Waals surface area contributed by atoms with Gasteiger partial charge in [0.15, 0.2) is 0 Å². The molecule has 0 bridgehead atoms. The summed E-state index contributed by atoms with van der Waals surface area (Å²) >= 11 is 0. The number of aromatic nitrogens is 2. The Morgan fingerprint density at radius 2 is 1.86 bits per heavy atom. The van der Waals surface area contributed by atoms with Gasteiger partial charge in [-0.3, -0.25) is 4.79 Å². The van der Waals surface area contributed by atoms with Crippen molar-refractivity contribution < 1.29 is 0 Å². The summed E-state index contributed by atoms with van der Waals surface area (Å²) in [7, 11) is 0. The summed E-state index contributed by atoms with van der Waals surface area (Å²) in [5.74, 6) is 0.643. The highest BCUT2D eigenvalue weighted by molar-refractivity contribution is 5.77. The van der Waals surface area contributed by atoms with Crippen molar-refractivity contribution in [3.05, 3.63) is 70.3 Å². The Kier molecular flexibility index (Phi) is 3.69. The number of hydrogen-bond acceptors (Lipinski definition) is 3. The summed E-state index contributed by atoms with van der Waals surface area (Å²) in [5.41, 5.74) is 2.96. The number of benzene rings is 2. The Morgan fingerprint density at radius 3 is 2.71 bits per heavy atom. The molecule has 0 saturated heterocycles. The lowest BCUT2D eigenvalue weighted by Gasteiger charge is -2.10. The highest BCUT2D eigenvalue weighted by atomic mass is 16.1. The van der Waals surface area contributed by atoms with E-state index in [1.807, 2.05) is 36.4 Å². The Bertz CT molecular complexity index is 823. The van der Waals surface area contributed by atoms with Gasteiger partial charge in [-0.1, -0.05) is 37.3 Å². The molecule has 2 aromatic carbocycles. The number of hydrogen-bond donors (Lipinski definition) is 2. The smallest absolute Gasteiger partial charge is 0.258 e. The van der Waals surface area contributed by atoms with Crippen LogP contribution in [0.2, 0.25) is 0 Å². The first-order valence-corrected chi connectivity index (χ1v) is 7.07. The first-order valence-electron chi connectivity index (χ1n) is 7.07. The lowest BCUT2D eigenvalue weighted by molar-refractivity contribution is 0.948. The maximum absolute atomic E-state index is 12.0. The summed E-state index contributed by atoms with van der Waals surface area (Å²) in [6, 6.07) is 15.5. The Labute approximate surface area is 122 Å². The molecule has 0 amide bonds. The second-order valence-corrected chi connectivity index (χ2v) is 4.89. The molecule has 3 rings (SSSR count). The zero-order chi connectivity index (χ0) is 14.7. The van der Waals surface area contributed by atoms with Crippen molar-refractivity contribution in [3.63, 3.8) is 0 Å². The number of para-hydroxylation sites is 2. The monoisotopic (exact) mass is 279 g/mol. The van der Waals surface area contributed by atoms with Crippen LogP contribution in [0.1, 0.15) is 18.3 Å². The number of H-pyrrole nitrogens is 1. The predicted octanol–water partition coefficient (Wildman–Crippen LogP) is 3.10. The van der Waals surface area contributed by atoms with Gasteiger partial charge in [0, 0.05) is 5.69 Å². The molecule has 1 aromatic heterocycles. The van der Waals surface area contributed by atoms with Crippen molar-refractivity contribution in [1.82, 2.24) is 9.97 Å². The van der Waals surface area contributed by atoms with Gasteiger partial charge in [-0.15, -0.1) is 0 Å². The first kappa shape index (κ1) is 13.4. The fourth-order valence-electron chi connectivity index (χ4n) is 2.40. The molecule has 0 aliphatic carbocycles. The molecule has 0 aliphatic heterocycles. The van der Waals surface area contributed by atoms with Crippen LogP contribution in [0, 0.1) is 0 Å². The molecule has 2 N–H and O–H groups in total. The van der Waals surface area contributed by atoms with Crippen molar-refractivity contribution in [2.45, 2.75) is 19.9 Å². The van der Waals surface area contributed by atoms with Crippen LogP contribution in [-0.4, -0.2) is 9.97 Å². The highest BCUT2D eigenvalue weighted by Crippen LogP contribution is 2.16. The third-order valence-electron chi connectivity index (χ3n) is 3.51. The number of nitrogens with zero attached hydrogens (tertiary/aromatic N) is 1. The maximum atomic E-state index is 12.0. The lowest BCUT2D eigenvalue weighted by atomic mass is 10.1. The predicted molar refractivity (Wildman–Crippen MR) is 85.5 cm³/mol. The van der Waals surface area contributed by atoms with Gasteiger partial charge >= 0.3 is 0 Å². The van der Waals surface area contributed by atoms with E-state index in [0.717, 1.165) is 17.6 Å². The number of nitrogens with one attached hydrogen (secondary N) is 2. The fraction of sp³-hybridized carbons (Fsp3) is 0.176. The topological polar surface area (TPSA) is 57.8 Å². The van der Waals surface area contributed by atoms with Crippen molar-refractivity contribution in [3.8, 4) is 0 Å². The van der Waals surface area contributed by atoms with E-state index < -0.39 is 0 Å². The van der Waals surface area contributed by atoms with E-state index in [1.54, 1.807) is 6.07 Å². The third kappa shape index (κ3) is 2.79. The maximum Gasteiger partial charge on any atom is 0.258 e. The zero-order valence-electron chi connectivity index (χ0n) is 11.9. The number of rotatable bonds is 4. The molecule has 21 heavy (non-hydrogen) atoms. The van der Waals surface area contributed by atoms with Gasteiger partial charge in [-0.05, 0) is 30.2 Å². The van der Waals surface area contributed by atoms with Crippen LogP contribution in [0.3, 0.4) is 0 Å². The molecule has 0 atom stereocenters.